The van der Waals surface area contributed by atoms with Gasteiger partial charge in [0.15, 0.2) is 0 Å². The van der Waals surface area contributed by atoms with Crippen LogP contribution >= 0.6 is 24.8 Å². The van der Waals surface area contributed by atoms with Crippen LogP contribution in [0.25, 0.3) is 0 Å². The Hall–Kier alpha value is -0.0300. The molecule has 2 saturated heterocycles. The number of nitrogens with one attached hydrogen (secondary N) is 1. The Balaban J connectivity index is 0.000001000. The Kier molecular flexibility index (Phi) is 6.58. The molecule has 1 atom stereocenters. The topological polar surface area (TPSA) is 35.6 Å². The third-order valence-electron chi connectivity index (χ3n) is 4.92. The highest BCUT2D eigenvalue weighted by Gasteiger charge is 2.43. The minimum absolute atomic E-state index is 0. The lowest BCUT2D eigenvalue weighted by Gasteiger charge is -2.39. The first kappa shape index (κ1) is 18.0. The van der Waals surface area contributed by atoms with Gasteiger partial charge in [0, 0.05) is 32.2 Å². The third-order valence-corrected chi connectivity index (χ3v) is 4.92. The largest absolute Gasteiger partial charge is 0.339 e. The minimum Gasteiger partial charge on any atom is -0.339 e. The van der Waals surface area contributed by atoms with Crippen molar-refractivity contribution in [3.05, 3.63) is 0 Å². The molecule has 1 aliphatic carbocycles. The molecule has 3 aliphatic rings. The lowest BCUT2D eigenvalue weighted by molar-refractivity contribution is -0.139. The molecule has 2 heterocycles. The monoisotopic (exact) mass is 323 g/mol. The fourth-order valence-electron chi connectivity index (χ4n) is 3.47. The summed E-state index contributed by atoms with van der Waals surface area (Å²) in [4.78, 5) is 17.3. The molecule has 1 saturated carbocycles. The average Bonchev–Trinajstić information content (AvgIpc) is 3.16. The lowest BCUT2D eigenvalue weighted by atomic mass is 9.92. The number of halogens is 2. The van der Waals surface area contributed by atoms with Crippen molar-refractivity contribution in [2.75, 3.05) is 32.7 Å². The fraction of sp³-hybridized carbons (Fsp3) is 0.929. The van der Waals surface area contributed by atoms with Gasteiger partial charge < -0.3 is 10.2 Å². The standard InChI is InChI=1S/C14H25N3O.2ClH/c1-2-14(6-3-7-15-14)13(18)17-10-8-16(9-11-17)12-4-5-12;;/h12,15H,2-11H2,1H3;2*1H. The van der Waals surface area contributed by atoms with E-state index < -0.39 is 0 Å². The molecular weight excluding hydrogens is 297 g/mol. The molecule has 0 spiro atoms. The molecule has 2 aliphatic heterocycles. The first-order valence-corrected chi connectivity index (χ1v) is 7.54. The van der Waals surface area contributed by atoms with Gasteiger partial charge in [0.1, 0.15) is 0 Å². The van der Waals surface area contributed by atoms with Crippen LogP contribution in [0.5, 0.6) is 0 Å². The molecule has 1 N–H and O–H groups in total. The van der Waals surface area contributed by atoms with Gasteiger partial charge in [-0.3, -0.25) is 9.69 Å². The Morgan fingerprint density at radius 3 is 2.30 bits per heavy atom. The molecule has 0 radical (unpaired) electrons. The van der Waals surface area contributed by atoms with E-state index >= 15 is 0 Å². The van der Waals surface area contributed by atoms with Crippen molar-refractivity contribution in [2.45, 2.75) is 50.6 Å². The Morgan fingerprint density at radius 1 is 1.20 bits per heavy atom. The van der Waals surface area contributed by atoms with Gasteiger partial charge >= 0.3 is 0 Å². The molecule has 0 aromatic heterocycles. The van der Waals surface area contributed by atoms with Crippen LogP contribution in [-0.2, 0) is 4.79 Å². The number of amides is 1. The molecule has 0 aromatic carbocycles. The summed E-state index contributed by atoms with van der Waals surface area (Å²) < 4.78 is 0. The van der Waals surface area contributed by atoms with Gasteiger partial charge in [0.25, 0.3) is 0 Å². The first-order chi connectivity index (χ1) is 8.75. The minimum atomic E-state index is -0.234. The zero-order valence-corrected chi connectivity index (χ0v) is 13.9. The third kappa shape index (κ3) is 3.41. The van der Waals surface area contributed by atoms with Crippen molar-refractivity contribution in [1.82, 2.24) is 15.1 Å². The van der Waals surface area contributed by atoms with E-state index in [0.29, 0.717) is 5.91 Å². The normalized spacial score (nSPS) is 30.6. The van der Waals surface area contributed by atoms with E-state index in [1.54, 1.807) is 0 Å². The van der Waals surface area contributed by atoms with Gasteiger partial charge in [-0.15, -0.1) is 24.8 Å². The van der Waals surface area contributed by atoms with Crippen LogP contribution in [-0.4, -0.2) is 60.0 Å². The molecule has 0 bridgehead atoms. The number of hydrogen-bond acceptors (Lipinski definition) is 3. The summed E-state index contributed by atoms with van der Waals surface area (Å²) >= 11 is 0. The SMILES string of the molecule is CCC1(C(=O)N2CCN(C3CC3)CC2)CCCN1.Cl.Cl. The van der Waals surface area contributed by atoms with E-state index in [9.17, 15) is 4.79 Å². The van der Waals surface area contributed by atoms with Crippen molar-refractivity contribution in [3.63, 3.8) is 0 Å². The Morgan fingerprint density at radius 2 is 1.85 bits per heavy atom. The van der Waals surface area contributed by atoms with Gasteiger partial charge in [-0.1, -0.05) is 6.92 Å². The van der Waals surface area contributed by atoms with Gasteiger partial charge in [-0.2, -0.15) is 0 Å². The summed E-state index contributed by atoms with van der Waals surface area (Å²) in [5.41, 5.74) is -0.234. The lowest BCUT2D eigenvalue weighted by Crippen LogP contribution is -2.59. The van der Waals surface area contributed by atoms with Gasteiger partial charge in [-0.25, -0.2) is 0 Å². The van der Waals surface area contributed by atoms with E-state index in [2.05, 4.69) is 22.0 Å². The molecule has 3 fully saturated rings. The van der Waals surface area contributed by atoms with E-state index in [1.165, 1.54) is 12.8 Å². The molecule has 118 valence electrons. The first-order valence-electron chi connectivity index (χ1n) is 7.54. The maximum Gasteiger partial charge on any atom is 0.242 e. The molecule has 0 aromatic rings. The highest BCUT2D eigenvalue weighted by Crippen LogP contribution is 2.29. The van der Waals surface area contributed by atoms with Crippen molar-refractivity contribution >= 4 is 30.7 Å². The van der Waals surface area contributed by atoms with Crippen LogP contribution in [0.15, 0.2) is 0 Å². The summed E-state index contributed by atoms with van der Waals surface area (Å²) in [6.07, 6.45) is 5.82. The van der Waals surface area contributed by atoms with Crippen molar-refractivity contribution in [3.8, 4) is 0 Å². The quantitative estimate of drug-likeness (QED) is 0.858. The summed E-state index contributed by atoms with van der Waals surface area (Å²) in [6.45, 7) is 7.15. The number of piperazine rings is 1. The number of rotatable bonds is 3. The zero-order valence-electron chi connectivity index (χ0n) is 12.3. The average molecular weight is 324 g/mol. The van der Waals surface area contributed by atoms with Crippen molar-refractivity contribution in [2.24, 2.45) is 0 Å². The predicted molar refractivity (Wildman–Crippen MR) is 85.9 cm³/mol. The maximum atomic E-state index is 12.7. The van der Waals surface area contributed by atoms with Crippen LogP contribution in [0, 0.1) is 0 Å². The molecule has 1 unspecified atom stereocenters. The van der Waals surface area contributed by atoms with Gasteiger partial charge in [-0.05, 0) is 38.6 Å². The molecule has 3 rings (SSSR count). The van der Waals surface area contributed by atoms with Crippen molar-refractivity contribution in [1.29, 1.82) is 0 Å². The molecule has 20 heavy (non-hydrogen) atoms. The number of carbonyl (C=O) groups excluding carboxylic acids is 1. The highest BCUT2D eigenvalue weighted by atomic mass is 35.5. The summed E-state index contributed by atoms with van der Waals surface area (Å²) in [6, 6.07) is 0.840. The molecule has 4 nitrogen and oxygen atoms in total. The van der Waals surface area contributed by atoms with E-state index in [1.807, 2.05) is 0 Å². The van der Waals surface area contributed by atoms with E-state index in [0.717, 1.165) is 58.0 Å². The summed E-state index contributed by atoms with van der Waals surface area (Å²) in [5.74, 6) is 0.359. The van der Waals surface area contributed by atoms with E-state index in [4.69, 9.17) is 0 Å². The van der Waals surface area contributed by atoms with Crippen molar-refractivity contribution < 1.29 is 4.79 Å². The Bertz CT molecular complexity index is 322. The van der Waals surface area contributed by atoms with E-state index in [-0.39, 0.29) is 30.4 Å². The Labute approximate surface area is 134 Å². The summed E-state index contributed by atoms with van der Waals surface area (Å²) in [7, 11) is 0. The second kappa shape index (κ2) is 7.30. The van der Waals surface area contributed by atoms with Gasteiger partial charge in [0.2, 0.25) is 5.91 Å². The number of carbonyl (C=O) groups is 1. The van der Waals surface area contributed by atoms with Gasteiger partial charge in [0.05, 0.1) is 5.54 Å². The number of nitrogens with zero attached hydrogens (tertiary/aromatic N) is 2. The highest BCUT2D eigenvalue weighted by molar-refractivity contribution is 5.87. The van der Waals surface area contributed by atoms with Crippen LogP contribution in [0.1, 0.15) is 39.0 Å². The maximum absolute atomic E-state index is 12.7. The van der Waals surface area contributed by atoms with Crippen LogP contribution in [0.3, 0.4) is 0 Å². The van der Waals surface area contributed by atoms with Crippen LogP contribution in [0.4, 0.5) is 0 Å². The molecule has 6 heteroatoms. The van der Waals surface area contributed by atoms with Crippen LogP contribution < -0.4 is 5.32 Å². The fourth-order valence-corrected chi connectivity index (χ4v) is 3.47. The smallest absolute Gasteiger partial charge is 0.242 e. The second-order valence-electron chi connectivity index (χ2n) is 6.03. The predicted octanol–water partition coefficient (Wildman–Crippen LogP) is 1.67. The number of hydrogen-bond donors (Lipinski definition) is 1. The van der Waals surface area contributed by atoms with Crippen LogP contribution in [0.2, 0.25) is 0 Å². The summed E-state index contributed by atoms with van der Waals surface area (Å²) in [5, 5.41) is 3.46. The molecule has 1 amide bonds. The zero-order chi connectivity index (χ0) is 12.6. The molecular formula is C14H27Cl2N3O. The second-order valence-corrected chi connectivity index (χ2v) is 6.03.